The van der Waals surface area contributed by atoms with E-state index in [0.717, 1.165) is 19.3 Å². The molecule has 0 aromatic heterocycles. The van der Waals surface area contributed by atoms with Crippen molar-refractivity contribution in [2.75, 3.05) is 19.8 Å². The average Bonchev–Trinajstić information content (AvgIpc) is 2.92. The molecular formula is C9H16O4. The van der Waals surface area contributed by atoms with Gasteiger partial charge in [0.1, 0.15) is 12.7 Å². The van der Waals surface area contributed by atoms with E-state index in [4.69, 9.17) is 14.2 Å². The highest BCUT2D eigenvalue weighted by Gasteiger charge is 2.24. The Morgan fingerprint density at radius 1 is 1.46 bits per heavy atom. The van der Waals surface area contributed by atoms with Crippen LogP contribution in [0.5, 0.6) is 0 Å². The van der Waals surface area contributed by atoms with E-state index in [0.29, 0.717) is 19.8 Å². The zero-order valence-corrected chi connectivity index (χ0v) is 7.95. The van der Waals surface area contributed by atoms with Crippen molar-refractivity contribution in [2.24, 2.45) is 0 Å². The fraction of sp³-hybridized carbons (Fsp3) is 0.889. The van der Waals surface area contributed by atoms with E-state index < -0.39 is 6.16 Å². The summed E-state index contributed by atoms with van der Waals surface area (Å²) in [7, 11) is 0. The summed E-state index contributed by atoms with van der Waals surface area (Å²) in [6.07, 6.45) is 2.65. The van der Waals surface area contributed by atoms with Crippen LogP contribution < -0.4 is 0 Å². The SMILES string of the molecule is CCCCCOC(=O)OCC1CO1. The first-order valence-electron chi connectivity index (χ1n) is 4.74. The van der Waals surface area contributed by atoms with Crippen LogP contribution in [0.3, 0.4) is 0 Å². The minimum Gasteiger partial charge on any atom is -0.434 e. The first-order chi connectivity index (χ1) is 6.33. The van der Waals surface area contributed by atoms with Crippen molar-refractivity contribution in [1.29, 1.82) is 0 Å². The molecule has 1 atom stereocenters. The third-order valence-corrected chi connectivity index (χ3v) is 1.76. The molecule has 4 heteroatoms. The molecule has 1 saturated heterocycles. The number of carbonyl (C=O) groups excluding carboxylic acids is 1. The predicted octanol–water partition coefficient (Wildman–Crippen LogP) is 1.73. The lowest BCUT2D eigenvalue weighted by atomic mass is 10.3. The van der Waals surface area contributed by atoms with Crippen molar-refractivity contribution in [3.63, 3.8) is 0 Å². The van der Waals surface area contributed by atoms with Gasteiger partial charge in [-0.25, -0.2) is 4.79 Å². The molecule has 76 valence electrons. The van der Waals surface area contributed by atoms with E-state index >= 15 is 0 Å². The van der Waals surface area contributed by atoms with Gasteiger partial charge in [-0.15, -0.1) is 0 Å². The Hall–Kier alpha value is -0.770. The van der Waals surface area contributed by atoms with Crippen molar-refractivity contribution >= 4 is 6.16 Å². The minimum absolute atomic E-state index is 0.114. The Bertz CT molecular complexity index is 154. The number of ether oxygens (including phenoxy) is 3. The first kappa shape index (κ1) is 10.3. The number of carbonyl (C=O) groups is 1. The summed E-state index contributed by atoms with van der Waals surface area (Å²) in [5, 5.41) is 0. The van der Waals surface area contributed by atoms with Crippen LogP contribution >= 0.6 is 0 Å². The topological polar surface area (TPSA) is 48.1 Å². The Morgan fingerprint density at radius 3 is 2.85 bits per heavy atom. The Morgan fingerprint density at radius 2 is 2.23 bits per heavy atom. The zero-order chi connectivity index (χ0) is 9.52. The monoisotopic (exact) mass is 188 g/mol. The molecule has 1 aliphatic rings. The van der Waals surface area contributed by atoms with Crippen LogP contribution in [0.2, 0.25) is 0 Å². The van der Waals surface area contributed by atoms with Crippen LogP contribution in [0.15, 0.2) is 0 Å². The van der Waals surface area contributed by atoms with Crippen molar-refractivity contribution < 1.29 is 19.0 Å². The molecule has 13 heavy (non-hydrogen) atoms. The normalized spacial score (nSPS) is 19.6. The van der Waals surface area contributed by atoms with Gasteiger partial charge in [0.25, 0.3) is 0 Å². The minimum atomic E-state index is -0.577. The molecule has 1 aliphatic heterocycles. The molecule has 0 aliphatic carbocycles. The van der Waals surface area contributed by atoms with E-state index in [1.807, 2.05) is 0 Å². The largest absolute Gasteiger partial charge is 0.508 e. The van der Waals surface area contributed by atoms with Gasteiger partial charge in [-0.3, -0.25) is 0 Å². The highest BCUT2D eigenvalue weighted by Crippen LogP contribution is 2.08. The second-order valence-corrected chi connectivity index (χ2v) is 3.07. The second-order valence-electron chi connectivity index (χ2n) is 3.07. The third kappa shape index (κ3) is 5.47. The highest BCUT2D eigenvalue weighted by atomic mass is 16.7. The average molecular weight is 188 g/mol. The lowest BCUT2D eigenvalue weighted by molar-refractivity contribution is 0.0495. The maximum atomic E-state index is 10.8. The first-order valence-corrected chi connectivity index (χ1v) is 4.74. The highest BCUT2D eigenvalue weighted by molar-refractivity contribution is 5.59. The number of rotatable bonds is 6. The summed E-state index contributed by atoms with van der Waals surface area (Å²) in [5.74, 6) is 0. The van der Waals surface area contributed by atoms with E-state index in [-0.39, 0.29) is 6.10 Å². The van der Waals surface area contributed by atoms with Gasteiger partial charge in [0.2, 0.25) is 0 Å². The molecule has 1 fully saturated rings. The molecule has 0 saturated carbocycles. The second kappa shape index (κ2) is 5.80. The van der Waals surface area contributed by atoms with Crippen molar-refractivity contribution in [2.45, 2.75) is 32.3 Å². The van der Waals surface area contributed by atoms with E-state index in [9.17, 15) is 4.79 Å². The summed E-state index contributed by atoms with van der Waals surface area (Å²) in [6, 6.07) is 0. The van der Waals surface area contributed by atoms with Gasteiger partial charge in [0, 0.05) is 0 Å². The van der Waals surface area contributed by atoms with Crippen LogP contribution in [-0.4, -0.2) is 32.1 Å². The maximum Gasteiger partial charge on any atom is 0.508 e. The lowest BCUT2D eigenvalue weighted by Crippen LogP contribution is -2.12. The fourth-order valence-corrected chi connectivity index (χ4v) is 0.874. The molecular weight excluding hydrogens is 172 g/mol. The number of unbranched alkanes of at least 4 members (excludes halogenated alkanes) is 2. The number of epoxide rings is 1. The molecule has 0 N–H and O–H groups in total. The van der Waals surface area contributed by atoms with Gasteiger partial charge in [-0.05, 0) is 6.42 Å². The van der Waals surface area contributed by atoms with Crippen LogP contribution in [0.1, 0.15) is 26.2 Å². The number of hydrogen-bond donors (Lipinski definition) is 0. The fourth-order valence-electron chi connectivity index (χ4n) is 0.874. The summed E-state index contributed by atoms with van der Waals surface area (Å²) in [4.78, 5) is 10.8. The van der Waals surface area contributed by atoms with Crippen molar-refractivity contribution in [3.8, 4) is 0 Å². The quantitative estimate of drug-likeness (QED) is 0.362. The molecule has 0 radical (unpaired) electrons. The van der Waals surface area contributed by atoms with Crippen LogP contribution in [0.25, 0.3) is 0 Å². The van der Waals surface area contributed by atoms with Gasteiger partial charge < -0.3 is 14.2 Å². The van der Waals surface area contributed by atoms with Gasteiger partial charge in [0.05, 0.1) is 13.2 Å². The molecule has 4 nitrogen and oxygen atoms in total. The Labute approximate surface area is 78.2 Å². The molecule has 1 unspecified atom stereocenters. The molecule has 0 aromatic rings. The van der Waals surface area contributed by atoms with Crippen LogP contribution in [-0.2, 0) is 14.2 Å². The van der Waals surface area contributed by atoms with Crippen LogP contribution in [0, 0.1) is 0 Å². The standard InChI is InChI=1S/C9H16O4/c1-2-3-4-5-11-9(10)13-7-8-6-12-8/h8H,2-7H2,1H3. The number of hydrogen-bond acceptors (Lipinski definition) is 4. The van der Waals surface area contributed by atoms with E-state index in [1.165, 1.54) is 0 Å². The third-order valence-electron chi connectivity index (χ3n) is 1.76. The zero-order valence-electron chi connectivity index (χ0n) is 7.95. The maximum absolute atomic E-state index is 10.8. The van der Waals surface area contributed by atoms with Crippen molar-refractivity contribution in [3.05, 3.63) is 0 Å². The van der Waals surface area contributed by atoms with E-state index in [2.05, 4.69) is 6.92 Å². The summed E-state index contributed by atoms with van der Waals surface area (Å²) in [6.45, 7) is 3.58. The van der Waals surface area contributed by atoms with Crippen LogP contribution in [0.4, 0.5) is 4.79 Å². The van der Waals surface area contributed by atoms with Gasteiger partial charge in [-0.1, -0.05) is 19.8 Å². The Kier molecular flexibility index (Phi) is 4.60. The van der Waals surface area contributed by atoms with Gasteiger partial charge in [-0.2, -0.15) is 0 Å². The molecule has 0 bridgehead atoms. The molecule has 0 spiro atoms. The molecule has 0 aromatic carbocycles. The van der Waals surface area contributed by atoms with E-state index in [1.54, 1.807) is 0 Å². The summed E-state index contributed by atoms with van der Waals surface area (Å²) < 4.78 is 14.4. The van der Waals surface area contributed by atoms with Gasteiger partial charge >= 0.3 is 6.16 Å². The summed E-state index contributed by atoms with van der Waals surface area (Å²) >= 11 is 0. The summed E-state index contributed by atoms with van der Waals surface area (Å²) in [5.41, 5.74) is 0. The smallest absolute Gasteiger partial charge is 0.434 e. The molecule has 1 heterocycles. The molecule has 0 amide bonds. The van der Waals surface area contributed by atoms with Gasteiger partial charge in [0.15, 0.2) is 0 Å². The predicted molar refractivity (Wildman–Crippen MR) is 46.6 cm³/mol. The molecule has 1 rings (SSSR count). The Balaban J connectivity index is 1.84. The van der Waals surface area contributed by atoms with Crippen molar-refractivity contribution in [1.82, 2.24) is 0 Å². The lowest BCUT2D eigenvalue weighted by Gasteiger charge is -2.03.